The third-order valence-electron chi connectivity index (χ3n) is 3.70. The first-order valence-electron chi connectivity index (χ1n) is 6.68. The van der Waals surface area contributed by atoms with E-state index in [-0.39, 0.29) is 12.3 Å². The van der Waals surface area contributed by atoms with Gasteiger partial charge in [-0.25, -0.2) is 0 Å². The summed E-state index contributed by atoms with van der Waals surface area (Å²) in [6.07, 6.45) is 3.75. The fraction of sp³-hybridized carbons (Fsp3) is 0.250. The maximum absolute atomic E-state index is 11.0. The van der Waals surface area contributed by atoms with Crippen LogP contribution in [-0.4, -0.2) is 22.6 Å². The van der Waals surface area contributed by atoms with Crippen molar-refractivity contribution in [2.45, 2.75) is 18.9 Å². The summed E-state index contributed by atoms with van der Waals surface area (Å²) in [6, 6.07) is 12.1. The van der Waals surface area contributed by atoms with Crippen molar-refractivity contribution in [3.05, 3.63) is 59.9 Å². The lowest BCUT2D eigenvalue weighted by Gasteiger charge is -2.19. The van der Waals surface area contributed by atoms with E-state index >= 15 is 0 Å². The fourth-order valence-corrected chi connectivity index (χ4v) is 2.83. The second-order valence-electron chi connectivity index (χ2n) is 5.09. The number of carboxylic acid groups (broad SMARTS) is 1. The molecular weight excluding hydrogens is 252 g/mol. The molecule has 0 bridgehead atoms. The first-order chi connectivity index (χ1) is 9.74. The standard InChI is InChI=1S/C16H16N2O2/c19-16(20)9-13-11-18(10-12-5-7-17-8-6-12)15-4-2-1-3-14(13)15/h1-8,13H,9-11H2,(H,19,20). The quantitative estimate of drug-likeness (QED) is 0.926. The number of hydrogen-bond acceptors (Lipinski definition) is 3. The third kappa shape index (κ3) is 2.50. The molecule has 0 amide bonds. The molecule has 1 aliphatic heterocycles. The van der Waals surface area contributed by atoms with Gasteiger partial charge in [-0.2, -0.15) is 0 Å². The molecule has 1 atom stereocenters. The van der Waals surface area contributed by atoms with E-state index in [1.54, 1.807) is 12.4 Å². The molecule has 1 aromatic carbocycles. The van der Waals surface area contributed by atoms with Gasteiger partial charge in [0.2, 0.25) is 0 Å². The number of carbonyl (C=O) groups is 1. The van der Waals surface area contributed by atoms with E-state index < -0.39 is 5.97 Å². The normalized spacial score (nSPS) is 17.0. The smallest absolute Gasteiger partial charge is 0.304 e. The Bertz CT molecular complexity index is 613. The molecule has 1 N–H and O–H groups in total. The Morgan fingerprint density at radius 2 is 2.00 bits per heavy atom. The van der Waals surface area contributed by atoms with Crippen LogP contribution in [0.4, 0.5) is 5.69 Å². The predicted molar refractivity (Wildman–Crippen MR) is 76.7 cm³/mol. The van der Waals surface area contributed by atoms with E-state index in [1.807, 2.05) is 30.3 Å². The van der Waals surface area contributed by atoms with Crippen molar-refractivity contribution in [1.82, 2.24) is 4.98 Å². The van der Waals surface area contributed by atoms with Crippen LogP contribution in [0.5, 0.6) is 0 Å². The van der Waals surface area contributed by atoms with Crippen LogP contribution in [0, 0.1) is 0 Å². The first kappa shape index (κ1) is 12.7. The Kier molecular flexibility index (Phi) is 3.37. The molecule has 1 unspecified atom stereocenters. The maximum atomic E-state index is 11.0. The van der Waals surface area contributed by atoms with Crippen molar-refractivity contribution >= 4 is 11.7 Å². The van der Waals surface area contributed by atoms with Crippen LogP contribution >= 0.6 is 0 Å². The van der Waals surface area contributed by atoms with Crippen LogP contribution in [0.25, 0.3) is 0 Å². The van der Waals surface area contributed by atoms with Gasteiger partial charge in [-0.1, -0.05) is 18.2 Å². The summed E-state index contributed by atoms with van der Waals surface area (Å²) in [5.41, 5.74) is 3.48. The lowest BCUT2D eigenvalue weighted by Crippen LogP contribution is -2.22. The Hall–Kier alpha value is -2.36. The highest BCUT2D eigenvalue weighted by Crippen LogP contribution is 2.38. The number of nitrogens with zero attached hydrogens (tertiary/aromatic N) is 2. The largest absolute Gasteiger partial charge is 0.481 e. The maximum Gasteiger partial charge on any atom is 0.304 e. The van der Waals surface area contributed by atoms with E-state index in [1.165, 1.54) is 5.56 Å². The van der Waals surface area contributed by atoms with E-state index in [4.69, 9.17) is 5.11 Å². The zero-order valence-corrected chi connectivity index (χ0v) is 11.1. The number of carboxylic acids is 1. The molecule has 4 heteroatoms. The molecule has 102 valence electrons. The van der Waals surface area contributed by atoms with Crippen molar-refractivity contribution in [3.8, 4) is 0 Å². The van der Waals surface area contributed by atoms with Crippen LogP contribution in [0.15, 0.2) is 48.8 Å². The number of aromatic nitrogens is 1. The minimum absolute atomic E-state index is 0.0746. The van der Waals surface area contributed by atoms with Gasteiger partial charge < -0.3 is 10.0 Å². The molecule has 1 aromatic heterocycles. The zero-order valence-electron chi connectivity index (χ0n) is 11.1. The highest BCUT2D eigenvalue weighted by molar-refractivity contribution is 5.71. The number of pyridine rings is 1. The topological polar surface area (TPSA) is 53.4 Å². The number of fused-ring (bicyclic) bond motifs is 1. The first-order valence-corrected chi connectivity index (χ1v) is 6.68. The Morgan fingerprint density at radius 3 is 2.75 bits per heavy atom. The van der Waals surface area contributed by atoms with Crippen molar-refractivity contribution in [2.75, 3.05) is 11.4 Å². The van der Waals surface area contributed by atoms with Crippen molar-refractivity contribution < 1.29 is 9.90 Å². The van der Waals surface area contributed by atoms with E-state index in [0.717, 1.165) is 24.3 Å². The summed E-state index contributed by atoms with van der Waals surface area (Å²) in [5.74, 6) is -0.666. The van der Waals surface area contributed by atoms with E-state index in [0.29, 0.717) is 0 Å². The van der Waals surface area contributed by atoms with Gasteiger partial charge in [-0.3, -0.25) is 9.78 Å². The van der Waals surface area contributed by atoms with Crippen LogP contribution in [0.3, 0.4) is 0 Å². The minimum atomic E-state index is -0.740. The number of para-hydroxylation sites is 1. The summed E-state index contributed by atoms with van der Waals surface area (Å²) in [5, 5.41) is 9.05. The molecule has 0 saturated carbocycles. The zero-order chi connectivity index (χ0) is 13.9. The van der Waals surface area contributed by atoms with Gasteiger partial charge in [0.05, 0.1) is 6.42 Å². The Morgan fingerprint density at radius 1 is 1.25 bits per heavy atom. The molecule has 0 saturated heterocycles. The summed E-state index contributed by atoms with van der Waals surface area (Å²) in [7, 11) is 0. The molecule has 2 aromatic rings. The van der Waals surface area contributed by atoms with Crippen molar-refractivity contribution in [1.29, 1.82) is 0 Å². The van der Waals surface area contributed by atoms with Gasteiger partial charge in [0.25, 0.3) is 0 Å². The second-order valence-corrected chi connectivity index (χ2v) is 5.09. The molecule has 4 nitrogen and oxygen atoms in total. The number of anilines is 1. The number of aliphatic carboxylic acids is 1. The second kappa shape index (κ2) is 5.33. The number of benzene rings is 1. The van der Waals surface area contributed by atoms with Crippen molar-refractivity contribution in [2.24, 2.45) is 0 Å². The SMILES string of the molecule is O=C(O)CC1CN(Cc2ccncc2)c2ccccc21. The molecule has 0 aliphatic carbocycles. The summed E-state index contributed by atoms with van der Waals surface area (Å²) in [4.78, 5) is 17.3. The van der Waals surface area contributed by atoms with Gasteiger partial charge >= 0.3 is 5.97 Å². The Labute approximate surface area is 117 Å². The fourth-order valence-electron chi connectivity index (χ4n) is 2.83. The highest BCUT2D eigenvalue weighted by Gasteiger charge is 2.29. The summed E-state index contributed by atoms with van der Waals surface area (Å²) < 4.78 is 0. The van der Waals surface area contributed by atoms with Crippen molar-refractivity contribution in [3.63, 3.8) is 0 Å². The average molecular weight is 268 g/mol. The molecule has 0 spiro atoms. The van der Waals surface area contributed by atoms with Crippen LogP contribution in [-0.2, 0) is 11.3 Å². The molecule has 0 fully saturated rings. The Balaban J connectivity index is 1.85. The van der Waals surface area contributed by atoms with E-state index in [2.05, 4.69) is 16.0 Å². The average Bonchev–Trinajstić information content (AvgIpc) is 2.78. The summed E-state index contributed by atoms with van der Waals surface area (Å²) in [6.45, 7) is 1.55. The molecule has 20 heavy (non-hydrogen) atoms. The number of hydrogen-bond donors (Lipinski definition) is 1. The lowest BCUT2D eigenvalue weighted by molar-refractivity contribution is -0.137. The minimum Gasteiger partial charge on any atom is -0.481 e. The van der Waals surface area contributed by atoms with Crippen LogP contribution in [0.2, 0.25) is 0 Å². The van der Waals surface area contributed by atoms with Gasteiger partial charge in [-0.05, 0) is 29.3 Å². The van der Waals surface area contributed by atoms with Gasteiger partial charge in [0.1, 0.15) is 0 Å². The highest BCUT2D eigenvalue weighted by atomic mass is 16.4. The lowest BCUT2D eigenvalue weighted by atomic mass is 9.98. The molecule has 3 rings (SSSR count). The monoisotopic (exact) mass is 268 g/mol. The molecule has 2 heterocycles. The summed E-state index contributed by atoms with van der Waals surface area (Å²) >= 11 is 0. The van der Waals surface area contributed by atoms with Gasteiger partial charge in [-0.15, -0.1) is 0 Å². The van der Waals surface area contributed by atoms with Gasteiger partial charge in [0.15, 0.2) is 0 Å². The molecular formula is C16H16N2O2. The number of rotatable bonds is 4. The predicted octanol–water partition coefficient (Wildman–Crippen LogP) is 2.66. The molecule has 0 radical (unpaired) electrons. The van der Waals surface area contributed by atoms with E-state index in [9.17, 15) is 4.79 Å². The third-order valence-corrected chi connectivity index (χ3v) is 3.70. The van der Waals surface area contributed by atoms with Gasteiger partial charge in [0, 0.05) is 37.1 Å². The van der Waals surface area contributed by atoms with Crippen LogP contribution < -0.4 is 4.90 Å². The molecule has 1 aliphatic rings. The van der Waals surface area contributed by atoms with Crippen LogP contribution in [0.1, 0.15) is 23.5 Å².